The van der Waals surface area contributed by atoms with Crippen LogP contribution in [0.5, 0.6) is 0 Å². The predicted octanol–water partition coefficient (Wildman–Crippen LogP) is 2.48. The Bertz CT molecular complexity index is 812. The maximum Gasteiger partial charge on any atom is 0.286 e. The molecular formula is C23H29N3O4. The Kier molecular flexibility index (Phi) is 8.06. The van der Waals surface area contributed by atoms with Crippen LogP contribution in [0.25, 0.3) is 0 Å². The van der Waals surface area contributed by atoms with Crippen molar-refractivity contribution in [3.8, 4) is 0 Å². The van der Waals surface area contributed by atoms with Crippen molar-refractivity contribution in [1.82, 2.24) is 15.1 Å². The van der Waals surface area contributed by atoms with Crippen molar-refractivity contribution in [3.63, 3.8) is 0 Å². The van der Waals surface area contributed by atoms with Crippen LogP contribution in [-0.2, 0) is 16.0 Å². The van der Waals surface area contributed by atoms with E-state index in [4.69, 9.17) is 4.42 Å². The Hall–Kier alpha value is -3.09. The zero-order chi connectivity index (χ0) is 21.2. The second kappa shape index (κ2) is 11.2. The number of aryl methyl sites for hydroxylation is 1. The quantitative estimate of drug-likeness (QED) is 0.643. The molecule has 3 amide bonds. The van der Waals surface area contributed by atoms with E-state index in [2.05, 4.69) is 17.4 Å². The van der Waals surface area contributed by atoms with E-state index in [0.717, 1.165) is 12.8 Å². The average Bonchev–Trinajstić information content (AvgIpc) is 3.32. The number of nitrogens with one attached hydrogen (secondary N) is 1. The number of piperazine rings is 1. The molecule has 7 heteroatoms. The molecule has 7 nitrogen and oxygen atoms in total. The van der Waals surface area contributed by atoms with Gasteiger partial charge >= 0.3 is 0 Å². The summed E-state index contributed by atoms with van der Waals surface area (Å²) in [5, 5.41) is 2.74. The molecule has 2 heterocycles. The van der Waals surface area contributed by atoms with Gasteiger partial charge in [-0.05, 0) is 37.0 Å². The van der Waals surface area contributed by atoms with E-state index in [1.165, 1.54) is 11.8 Å². The third kappa shape index (κ3) is 6.47. The van der Waals surface area contributed by atoms with Crippen molar-refractivity contribution in [3.05, 3.63) is 60.1 Å². The molecule has 30 heavy (non-hydrogen) atoms. The molecule has 160 valence electrons. The molecule has 1 N–H and O–H groups in total. The summed E-state index contributed by atoms with van der Waals surface area (Å²) in [4.78, 5) is 40.2. The van der Waals surface area contributed by atoms with Gasteiger partial charge in [-0.25, -0.2) is 0 Å². The van der Waals surface area contributed by atoms with E-state index in [0.29, 0.717) is 52.0 Å². The van der Waals surface area contributed by atoms with Gasteiger partial charge in [0.25, 0.3) is 5.91 Å². The number of hydrogen-bond donors (Lipinski definition) is 1. The topological polar surface area (TPSA) is 82.9 Å². The molecule has 1 saturated heterocycles. The fraction of sp³-hybridized carbons (Fsp3) is 0.435. The van der Waals surface area contributed by atoms with Gasteiger partial charge in [0, 0.05) is 45.6 Å². The first kappa shape index (κ1) is 21.6. The van der Waals surface area contributed by atoms with Crippen LogP contribution in [0.4, 0.5) is 0 Å². The monoisotopic (exact) mass is 411 g/mol. The summed E-state index contributed by atoms with van der Waals surface area (Å²) in [7, 11) is 0. The van der Waals surface area contributed by atoms with E-state index < -0.39 is 0 Å². The van der Waals surface area contributed by atoms with Gasteiger partial charge in [0.2, 0.25) is 11.8 Å². The first-order valence-corrected chi connectivity index (χ1v) is 10.5. The van der Waals surface area contributed by atoms with Crippen molar-refractivity contribution in [2.75, 3.05) is 32.7 Å². The summed E-state index contributed by atoms with van der Waals surface area (Å²) < 4.78 is 5.03. The Balaban J connectivity index is 1.28. The molecule has 2 aromatic rings. The second-order valence-corrected chi connectivity index (χ2v) is 7.44. The molecule has 1 fully saturated rings. The van der Waals surface area contributed by atoms with Gasteiger partial charge in [-0.3, -0.25) is 14.4 Å². The molecule has 0 aliphatic carbocycles. The summed E-state index contributed by atoms with van der Waals surface area (Å²) in [5.74, 6) is 0.231. The minimum absolute atomic E-state index is 0.0680. The lowest BCUT2D eigenvalue weighted by Gasteiger charge is -2.35. The Labute approximate surface area is 177 Å². The number of hydrogen-bond acceptors (Lipinski definition) is 4. The average molecular weight is 412 g/mol. The summed E-state index contributed by atoms with van der Waals surface area (Å²) >= 11 is 0. The van der Waals surface area contributed by atoms with Crippen molar-refractivity contribution < 1.29 is 18.8 Å². The zero-order valence-electron chi connectivity index (χ0n) is 17.2. The number of carbonyl (C=O) groups excluding carboxylic acids is 3. The summed E-state index contributed by atoms with van der Waals surface area (Å²) in [6, 6.07) is 13.4. The number of carbonyl (C=O) groups is 3. The van der Waals surface area contributed by atoms with Gasteiger partial charge in [0.05, 0.1) is 6.26 Å². The number of benzene rings is 1. The fourth-order valence-corrected chi connectivity index (χ4v) is 3.55. The fourth-order valence-electron chi connectivity index (χ4n) is 3.55. The summed E-state index contributed by atoms with van der Waals surface area (Å²) in [6.45, 7) is 2.74. The molecule has 0 atom stereocenters. The van der Waals surface area contributed by atoms with Gasteiger partial charge in [0.15, 0.2) is 5.76 Å². The standard InChI is InChI=1S/C23H29N3O4/c27-21(11-4-9-19-7-2-1-3-8-19)25-14-16-26(17-15-25)22(28)12-5-13-24-23(29)20-10-6-18-30-20/h1-3,6-8,10,18H,4-5,9,11-17H2,(H,24,29). The molecular weight excluding hydrogens is 382 g/mol. The molecule has 0 spiro atoms. The van der Waals surface area contributed by atoms with Crippen LogP contribution in [0.15, 0.2) is 53.1 Å². The van der Waals surface area contributed by atoms with Gasteiger partial charge < -0.3 is 19.5 Å². The van der Waals surface area contributed by atoms with Gasteiger partial charge in [-0.1, -0.05) is 30.3 Å². The summed E-state index contributed by atoms with van der Waals surface area (Å²) in [5.41, 5.74) is 1.25. The number of furan rings is 1. The highest BCUT2D eigenvalue weighted by Gasteiger charge is 2.23. The normalized spacial score (nSPS) is 13.9. The van der Waals surface area contributed by atoms with Gasteiger partial charge in [-0.2, -0.15) is 0 Å². The first-order chi connectivity index (χ1) is 14.6. The molecule has 3 rings (SSSR count). The Morgan fingerprint density at radius 2 is 1.47 bits per heavy atom. The van der Waals surface area contributed by atoms with Gasteiger partial charge in [-0.15, -0.1) is 0 Å². The highest BCUT2D eigenvalue weighted by molar-refractivity contribution is 5.91. The van der Waals surface area contributed by atoms with Crippen LogP contribution >= 0.6 is 0 Å². The third-order valence-corrected chi connectivity index (χ3v) is 5.28. The molecule has 0 radical (unpaired) electrons. The first-order valence-electron chi connectivity index (χ1n) is 10.5. The molecule has 0 bridgehead atoms. The minimum atomic E-state index is -0.271. The van der Waals surface area contributed by atoms with Crippen molar-refractivity contribution >= 4 is 17.7 Å². The molecule has 0 saturated carbocycles. The van der Waals surface area contributed by atoms with Crippen LogP contribution in [0, 0.1) is 0 Å². The maximum absolute atomic E-state index is 12.4. The number of rotatable bonds is 9. The zero-order valence-corrected chi connectivity index (χ0v) is 17.2. The Morgan fingerprint density at radius 3 is 2.07 bits per heavy atom. The highest BCUT2D eigenvalue weighted by atomic mass is 16.3. The maximum atomic E-state index is 12.4. The van der Waals surface area contributed by atoms with Crippen molar-refractivity contribution in [2.45, 2.75) is 32.1 Å². The number of nitrogens with zero attached hydrogens (tertiary/aromatic N) is 2. The molecule has 1 aliphatic heterocycles. The SMILES string of the molecule is O=C(NCCCC(=O)N1CCN(C(=O)CCCc2ccccc2)CC1)c1ccco1. The van der Waals surface area contributed by atoms with E-state index in [-0.39, 0.29) is 23.5 Å². The minimum Gasteiger partial charge on any atom is -0.459 e. The van der Waals surface area contributed by atoms with Crippen LogP contribution in [0.3, 0.4) is 0 Å². The molecule has 1 aromatic heterocycles. The van der Waals surface area contributed by atoms with E-state index >= 15 is 0 Å². The van der Waals surface area contributed by atoms with Crippen molar-refractivity contribution in [1.29, 1.82) is 0 Å². The van der Waals surface area contributed by atoms with E-state index in [1.807, 2.05) is 28.0 Å². The lowest BCUT2D eigenvalue weighted by atomic mass is 10.1. The smallest absolute Gasteiger partial charge is 0.286 e. The molecule has 1 aliphatic rings. The van der Waals surface area contributed by atoms with E-state index in [1.54, 1.807) is 12.1 Å². The van der Waals surface area contributed by atoms with Crippen LogP contribution < -0.4 is 5.32 Å². The third-order valence-electron chi connectivity index (χ3n) is 5.28. The van der Waals surface area contributed by atoms with Crippen LogP contribution in [-0.4, -0.2) is 60.2 Å². The highest BCUT2D eigenvalue weighted by Crippen LogP contribution is 2.10. The lowest BCUT2D eigenvalue weighted by Crippen LogP contribution is -2.50. The van der Waals surface area contributed by atoms with Gasteiger partial charge in [0.1, 0.15) is 0 Å². The predicted molar refractivity (Wildman–Crippen MR) is 113 cm³/mol. The lowest BCUT2D eigenvalue weighted by molar-refractivity contribution is -0.139. The summed E-state index contributed by atoms with van der Waals surface area (Å²) in [6.07, 6.45) is 4.69. The second-order valence-electron chi connectivity index (χ2n) is 7.44. The molecule has 1 aromatic carbocycles. The van der Waals surface area contributed by atoms with Crippen LogP contribution in [0.1, 0.15) is 41.8 Å². The molecule has 0 unspecified atom stereocenters. The number of amides is 3. The van der Waals surface area contributed by atoms with Crippen molar-refractivity contribution in [2.24, 2.45) is 0 Å². The van der Waals surface area contributed by atoms with E-state index in [9.17, 15) is 14.4 Å². The Morgan fingerprint density at radius 1 is 0.833 bits per heavy atom. The largest absolute Gasteiger partial charge is 0.459 e. The van der Waals surface area contributed by atoms with Crippen LogP contribution in [0.2, 0.25) is 0 Å².